The average molecular weight is 312 g/mol. The SMILES string of the molecule is CC(C)(C)C(=O)Oc1ccc2cccc(N3CCNCC3)c2c1. The van der Waals surface area contributed by atoms with E-state index in [0.717, 1.165) is 37.0 Å². The second-order valence-corrected chi connectivity index (χ2v) is 7.04. The Morgan fingerprint density at radius 2 is 1.87 bits per heavy atom. The molecule has 0 aliphatic carbocycles. The molecule has 1 aliphatic heterocycles. The maximum absolute atomic E-state index is 12.1. The van der Waals surface area contributed by atoms with Gasteiger partial charge in [-0.05, 0) is 44.4 Å². The number of carbonyl (C=O) groups excluding carboxylic acids is 1. The molecule has 0 atom stereocenters. The summed E-state index contributed by atoms with van der Waals surface area (Å²) in [6, 6.07) is 12.2. The Labute approximate surface area is 137 Å². The van der Waals surface area contributed by atoms with E-state index in [-0.39, 0.29) is 5.97 Å². The zero-order valence-corrected chi connectivity index (χ0v) is 14.1. The average Bonchev–Trinajstić information content (AvgIpc) is 2.54. The van der Waals surface area contributed by atoms with Crippen LogP contribution in [0.15, 0.2) is 36.4 Å². The Hall–Kier alpha value is -2.07. The number of hydrogen-bond donors (Lipinski definition) is 1. The van der Waals surface area contributed by atoms with Crippen LogP contribution in [-0.2, 0) is 4.79 Å². The van der Waals surface area contributed by atoms with Gasteiger partial charge in [0.25, 0.3) is 0 Å². The van der Waals surface area contributed by atoms with Crippen LogP contribution in [0.1, 0.15) is 20.8 Å². The Morgan fingerprint density at radius 1 is 1.13 bits per heavy atom. The minimum Gasteiger partial charge on any atom is -0.426 e. The molecular weight excluding hydrogens is 288 g/mol. The lowest BCUT2D eigenvalue weighted by Crippen LogP contribution is -2.43. The smallest absolute Gasteiger partial charge is 0.316 e. The first-order valence-corrected chi connectivity index (χ1v) is 8.16. The van der Waals surface area contributed by atoms with Crippen LogP contribution in [0.4, 0.5) is 5.69 Å². The molecular formula is C19H24N2O2. The molecule has 1 saturated heterocycles. The molecule has 23 heavy (non-hydrogen) atoms. The van der Waals surface area contributed by atoms with Crippen molar-refractivity contribution in [3.05, 3.63) is 36.4 Å². The summed E-state index contributed by atoms with van der Waals surface area (Å²) in [6.07, 6.45) is 0. The van der Waals surface area contributed by atoms with Gasteiger partial charge >= 0.3 is 5.97 Å². The minimum absolute atomic E-state index is 0.212. The highest BCUT2D eigenvalue weighted by molar-refractivity contribution is 5.95. The highest BCUT2D eigenvalue weighted by Gasteiger charge is 2.24. The van der Waals surface area contributed by atoms with Crippen LogP contribution in [0.5, 0.6) is 5.75 Å². The van der Waals surface area contributed by atoms with Gasteiger partial charge in [0.2, 0.25) is 0 Å². The largest absolute Gasteiger partial charge is 0.426 e. The quantitative estimate of drug-likeness (QED) is 0.683. The molecule has 0 saturated carbocycles. The van der Waals surface area contributed by atoms with Gasteiger partial charge in [-0.3, -0.25) is 4.79 Å². The summed E-state index contributed by atoms with van der Waals surface area (Å²) >= 11 is 0. The second-order valence-electron chi connectivity index (χ2n) is 7.04. The number of nitrogens with one attached hydrogen (secondary N) is 1. The zero-order chi connectivity index (χ0) is 16.4. The molecule has 0 unspecified atom stereocenters. The molecule has 0 radical (unpaired) electrons. The predicted octanol–water partition coefficient (Wildman–Crippen LogP) is 3.20. The molecule has 1 N–H and O–H groups in total. The van der Waals surface area contributed by atoms with E-state index in [4.69, 9.17) is 4.74 Å². The molecule has 4 nitrogen and oxygen atoms in total. The topological polar surface area (TPSA) is 41.6 Å². The Balaban J connectivity index is 1.95. The van der Waals surface area contributed by atoms with E-state index < -0.39 is 5.41 Å². The standard InChI is InChI=1S/C19H24N2O2/c1-19(2,3)18(22)23-15-8-7-14-5-4-6-17(16(14)13-15)21-11-9-20-10-12-21/h4-8,13,20H,9-12H2,1-3H3. The molecule has 3 rings (SSSR count). The number of benzene rings is 2. The molecule has 1 aliphatic rings. The normalized spacial score (nSPS) is 15.7. The van der Waals surface area contributed by atoms with Gasteiger partial charge in [0, 0.05) is 37.3 Å². The van der Waals surface area contributed by atoms with Crippen LogP contribution < -0.4 is 15.0 Å². The number of fused-ring (bicyclic) bond motifs is 1. The van der Waals surface area contributed by atoms with Gasteiger partial charge in [0.15, 0.2) is 0 Å². The van der Waals surface area contributed by atoms with Gasteiger partial charge in [0.05, 0.1) is 5.41 Å². The van der Waals surface area contributed by atoms with E-state index in [0.29, 0.717) is 5.75 Å². The van der Waals surface area contributed by atoms with Crippen LogP contribution in [-0.4, -0.2) is 32.1 Å². The molecule has 1 fully saturated rings. The van der Waals surface area contributed by atoms with Crippen LogP contribution in [0.25, 0.3) is 10.8 Å². The molecule has 0 amide bonds. The van der Waals surface area contributed by atoms with Crippen molar-refractivity contribution in [3.8, 4) is 5.75 Å². The van der Waals surface area contributed by atoms with Crippen molar-refractivity contribution in [2.75, 3.05) is 31.1 Å². The molecule has 1 heterocycles. The maximum atomic E-state index is 12.1. The van der Waals surface area contributed by atoms with Gasteiger partial charge in [-0.15, -0.1) is 0 Å². The van der Waals surface area contributed by atoms with Crippen molar-refractivity contribution in [1.82, 2.24) is 5.32 Å². The number of esters is 1. The minimum atomic E-state index is -0.507. The summed E-state index contributed by atoms with van der Waals surface area (Å²) in [7, 11) is 0. The lowest BCUT2D eigenvalue weighted by Gasteiger charge is -2.30. The summed E-state index contributed by atoms with van der Waals surface area (Å²) in [5.41, 5.74) is 0.699. The fourth-order valence-corrected chi connectivity index (χ4v) is 2.74. The molecule has 0 aromatic heterocycles. The highest BCUT2D eigenvalue weighted by Crippen LogP contribution is 2.31. The number of hydrogen-bond acceptors (Lipinski definition) is 4. The van der Waals surface area contributed by atoms with Gasteiger partial charge in [0.1, 0.15) is 5.75 Å². The van der Waals surface area contributed by atoms with Crippen LogP contribution in [0, 0.1) is 5.41 Å². The van der Waals surface area contributed by atoms with Crippen molar-refractivity contribution in [3.63, 3.8) is 0 Å². The molecule has 0 spiro atoms. The molecule has 4 heteroatoms. The lowest BCUT2D eigenvalue weighted by atomic mass is 9.97. The predicted molar refractivity (Wildman–Crippen MR) is 94.1 cm³/mol. The van der Waals surface area contributed by atoms with E-state index in [1.165, 1.54) is 5.69 Å². The molecule has 2 aromatic carbocycles. The third-order valence-electron chi connectivity index (χ3n) is 4.11. The third-order valence-corrected chi connectivity index (χ3v) is 4.11. The number of carbonyl (C=O) groups is 1. The van der Waals surface area contributed by atoms with Gasteiger partial charge in [-0.1, -0.05) is 18.2 Å². The Morgan fingerprint density at radius 3 is 2.57 bits per heavy atom. The molecule has 2 aromatic rings. The lowest BCUT2D eigenvalue weighted by molar-refractivity contribution is -0.142. The van der Waals surface area contributed by atoms with Crippen molar-refractivity contribution < 1.29 is 9.53 Å². The van der Waals surface area contributed by atoms with Crippen LogP contribution in [0.2, 0.25) is 0 Å². The number of nitrogens with zero attached hydrogens (tertiary/aromatic N) is 1. The van der Waals surface area contributed by atoms with Crippen molar-refractivity contribution >= 4 is 22.4 Å². The zero-order valence-electron chi connectivity index (χ0n) is 14.1. The summed E-state index contributed by atoms with van der Waals surface area (Å²) in [4.78, 5) is 14.5. The van der Waals surface area contributed by atoms with Crippen molar-refractivity contribution in [2.24, 2.45) is 5.41 Å². The fourth-order valence-electron chi connectivity index (χ4n) is 2.74. The Kier molecular flexibility index (Phi) is 4.26. The summed E-state index contributed by atoms with van der Waals surface area (Å²) in [6.45, 7) is 9.56. The van der Waals surface area contributed by atoms with E-state index in [2.05, 4.69) is 28.4 Å². The van der Waals surface area contributed by atoms with Gasteiger partial charge in [-0.2, -0.15) is 0 Å². The highest BCUT2D eigenvalue weighted by atomic mass is 16.5. The van der Waals surface area contributed by atoms with Gasteiger partial charge in [-0.25, -0.2) is 0 Å². The third kappa shape index (κ3) is 3.48. The van der Waals surface area contributed by atoms with E-state index in [1.54, 1.807) is 0 Å². The summed E-state index contributed by atoms with van der Waals surface area (Å²) in [5.74, 6) is 0.400. The van der Waals surface area contributed by atoms with Gasteiger partial charge < -0.3 is 15.0 Å². The first-order valence-electron chi connectivity index (χ1n) is 8.16. The monoisotopic (exact) mass is 312 g/mol. The number of anilines is 1. The van der Waals surface area contributed by atoms with E-state index in [1.807, 2.05) is 39.0 Å². The first-order chi connectivity index (χ1) is 10.9. The number of rotatable bonds is 2. The first kappa shape index (κ1) is 15.8. The number of piperazine rings is 1. The maximum Gasteiger partial charge on any atom is 0.316 e. The van der Waals surface area contributed by atoms with Crippen LogP contribution >= 0.6 is 0 Å². The van der Waals surface area contributed by atoms with Crippen LogP contribution in [0.3, 0.4) is 0 Å². The summed E-state index contributed by atoms with van der Waals surface area (Å²) in [5, 5.41) is 5.67. The van der Waals surface area contributed by atoms with E-state index in [9.17, 15) is 4.79 Å². The fraction of sp³-hybridized carbons (Fsp3) is 0.421. The summed E-state index contributed by atoms with van der Waals surface area (Å²) < 4.78 is 5.56. The Bertz CT molecular complexity index is 713. The second kappa shape index (κ2) is 6.20. The number of ether oxygens (including phenoxy) is 1. The van der Waals surface area contributed by atoms with E-state index >= 15 is 0 Å². The molecule has 122 valence electrons. The van der Waals surface area contributed by atoms with Crippen molar-refractivity contribution in [1.29, 1.82) is 0 Å². The van der Waals surface area contributed by atoms with Crippen molar-refractivity contribution in [2.45, 2.75) is 20.8 Å². The molecule has 0 bridgehead atoms.